The molecule has 0 aliphatic carbocycles. The summed E-state index contributed by atoms with van der Waals surface area (Å²) in [7, 11) is 0. The number of benzene rings is 1. The van der Waals surface area contributed by atoms with Crippen molar-refractivity contribution >= 4 is 12.0 Å². The quantitative estimate of drug-likeness (QED) is 0.797. The number of hydrogen-bond donors (Lipinski definition) is 0. The molecule has 2 rings (SSSR count). The fraction of sp³-hybridized carbons (Fsp3) is 0.500. The molecule has 114 valence electrons. The summed E-state index contributed by atoms with van der Waals surface area (Å²) in [4.78, 5) is 14.1. The van der Waals surface area contributed by atoms with Gasteiger partial charge in [0.1, 0.15) is 0 Å². The van der Waals surface area contributed by atoms with Crippen LogP contribution in [0.3, 0.4) is 0 Å². The van der Waals surface area contributed by atoms with E-state index >= 15 is 0 Å². The van der Waals surface area contributed by atoms with E-state index in [2.05, 4.69) is 38.1 Å². The number of rotatable bonds is 3. The number of carbonyl (C=O) groups is 1. The maximum Gasteiger partial charge on any atom is 0.246 e. The predicted molar refractivity (Wildman–Crippen MR) is 86.2 cm³/mol. The molecule has 3 nitrogen and oxygen atoms in total. The predicted octanol–water partition coefficient (Wildman–Crippen LogP) is 3.46. The Labute approximate surface area is 127 Å². The van der Waals surface area contributed by atoms with Gasteiger partial charge in [0.25, 0.3) is 0 Å². The van der Waals surface area contributed by atoms with E-state index in [4.69, 9.17) is 4.74 Å². The van der Waals surface area contributed by atoms with Crippen LogP contribution >= 0.6 is 0 Å². The minimum absolute atomic E-state index is 0.0601. The molecule has 21 heavy (non-hydrogen) atoms. The average molecular weight is 287 g/mol. The fourth-order valence-electron chi connectivity index (χ4n) is 2.62. The van der Waals surface area contributed by atoms with Crippen LogP contribution < -0.4 is 0 Å². The third kappa shape index (κ3) is 4.43. The van der Waals surface area contributed by atoms with Crippen LogP contribution in [0.5, 0.6) is 0 Å². The Balaban J connectivity index is 1.98. The van der Waals surface area contributed by atoms with Gasteiger partial charge in [0, 0.05) is 19.2 Å². The molecule has 1 aliphatic heterocycles. The molecule has 2 unspecified atom stereocenters. The molecule has 1 aromatic carbocycles. The van der Waals surface area contributed by atoms with Gasteiger partial charge in [0.05, 0.1) is 12.2 Å². The maximum absolute atomic E-state index is 12.2. The molecule has 3 heteroatoms. The second kappa shape index (κ2) is 6.90. The Bertz CT molecular complexity index is 494. The largest absolute Gasteiger partial charge is 0.372 e. The highest BCUT2D eigenvalue weighted by Gasteiger charge is 2.24. The van der Waals surface area contributed by atoms with Gasteiger partial charge in [-0.15, -0.1) is 0 Å². The fourth-order valence-corrected chi connectivity index (χ4v) is 2.62. The molecule has 2 atom stereocenters. The zero-order valence-corrected chi connectivity index (χ0v) is 13.4. The molecule has 1 aromatic rings. The summed E-state index contributed by atoms with van der Waals surface area (Å²) in [5.74, 6) is 0.589. The van der Waals surface area contributed by atoms with Gasteiger partial charge in [-0.05, 0) is 37.0 Å². The first kappa shape index (κ1) is 15.8. The number of morpholine rings is 1. The van der Waals surface area contributed by atoms with Gasteiger partial charge in [-0.25, -0.2) is 0 Å². The van der Waals surface area contributed by atoms with Crippen LogP contribution in [0.1, 0.15) is 44.7 Å². The standard InChI is InChI=1S/C18H25NO2/c1-13(2)17-8-5-16(6-9-17)7-10-18(20)19-11-14(3)21-15(4)12-19/h5-10,13-15H,11-12H2,1-4H3/b10-7+. The van der Waals surface area contributed by atoms with E-state index in [9.17, 15) is 4.79 Å². The molecule has 1 aliphatic rings. The minimum atomic E-state index is 0.0601. The first-order chi connectivity index (χ1) is 9.95. The van der Waals surface area contributed by atoms with Crippen LogP contribution in [-0.2, 0) is 9.53 Å². The van der Waals surface area contributed by atoms with Crippen molar-refractivity contribution in [2.75, 3.05) is 13.1 Å². The van der Waals surface area contributed by atoms with Gasteiger partial charge in [0.2, 0.25) is 5.91 Å². The zero-order valence-electron chi connectivity index (χ0n) is 13.4. The van der Waals surface area contributed by atoms with E-state index in [1.165, 1.54) is 5.56 Å². The maximum atomic E-state index is 12.2. The van der Waals surface area contributed by atoms with Crippen molar-refractivity contribution in [2.24, 2.45) is 0 Å². The van der Waals surface area contributed by atoms with E-state index in [1.54, 1.807) is 6.08 Å². The lowest BCUT2D eigenvalue weighted by atomic mass is 10.0. The van der Waals surface area contributed by atoms with Crippen molar-refractivity contribution in [3.63, 3.8) is 0 Å². The molecular weight excluding hydrogens is 262 g/mol. The molecule has 1 fully saturated rings. The Kier molecular flexibility index (Phi) is 5.18. The molecule has 0 saturated carbocycles. The molecule has 0 radical (unpaired) electrons. The third-order valence-electron chi connectivity index (χ3n) is 3.75. The van der Waals surface area contributed by atoms with E-state index in [1.807, 2.05) is 24.8 Å². The van der Waals surface area contributed by atoms with Crippen molar-refractivity contribution in [2.45, 2.75) is 45.8 Å². The van der Waals surface area contributed by atoms with Crippen LogP contribution in [0, 0.1) is 0 Å². The summed E-state index contributed by atoms with van der Waals surface area (Å²) in [6.45, 7) is 9.69. The second-order valence-electron chi connectivity index (χ2n) is 6.16. The number of nitrogens with zero attached hydrogens (tertiary/aromatic N) is 1. The highest BCUT2D eigenvalue weighted by molar-refractivity contribution is 5.91. The highest BCUT2D eigenvalue weighted by atomic mass is 16.5. The lowest BCUT2D eigenvalue weighted by molar-refractivity contribution is -0.137. The molecular formula is C18H25NO2. The van der Waals surface area contributed by atoms with Gasteiger partial charge < -0.3 is 9.64 Å². The zero-order chi connectivity index (χ0) is 15.4. The van der Waals surface area contributed by atoms with Gasteiger partial charge in [-0.1, -0.05) is 38.1 Å². The first-order valence-corrected chi connectivity index (χ1v) is 7.68. The number of carbonyl (C=O) groups excluding carboxylic acids is 1. The van der Waals surface area contributed by atoms with Gasteiger partial charge in [-0.2, -0.15) is 0 Å². The van der Waals surface area contributed by atoms with E-state index in [0.717, 1.165) is 5.56 Å². The SMILES string of the molecule is CC1CN(C(=O)/C=C/c2ccc(C(C)C)cc2)CC(C)O1. The van der Waals surface area contributed by atoms with Gasteiger partial charge >= 0.3 is 0 Å². The number of amides is 1. The summed E-state index contributed by atoms with van der Waals surface area (Å²) in [5, 5.41) is 0. The van der Waals surface area contributed by atoms with E-state index in [-0.39, 0.29) is 18.1 Å². The lowest BCUT2D eigenvalue weighted by Gasteiger charge is -2.34. The van der Waals surface area contributed by atoms with E-state index < -0.39 is 0 Å². The van der Waals surface area contributed by atoms with Crippen molar-refractivity contribution in [3.8, 4) is 0 Å². The number of hydrogen-bond acceptors (Lipinski definition) is 2. The molecule has 1 amide bonds. The third-order valence-corrected chi connectivity index (χ3v) is 3.75. The van der Waals surface area contributed by atoms with Crippen LogP contribution in [0.15, 0.2) is 30.3 Å². The highest BCUT2D eigenvalue weighted by Crippen LogP contribution is 2.16. The first-order valence-electron chi connectivity index (χ1n) is 7.68. The summed E-state index contributed by atoms with van der Waals surface area (Å²) < 4.78 is 5.65. The minimum Gasteiger partial charge on any atom is -0.372 e. The van der Waals surface area contributed by atoms with Crippen molar-refractivity contribution in [1.82, 2.24) is 4.90 Å². The Morgan fingerprint density at radius 3 is 2.29 bits per heavy atom. The molecule has 0 N–H and O–H groups in total. The van der Waals surface area contributed by atoms with Crippen LogP contribution in [0.2, 0.25) is 0 Å². The summed E-state index contributed by atoms with van der Waals surface area (Å²) in [5.41, 5.74) is 2.37. The van der Waals surface area contributed by atoms with E-state index in [0.29, 0.717) is 19.0 Å². The van der Waals surface area contributed by atoms with Gasteiger partial charge in [-0.3, -0.25) is 4.79 Å². The van der Waals surface area contributed by atoms with Crippen LogP contribution in [-0.4, -0.2) is 36.1 Å². The van der Waals surface area contributed by atoms with Crippen LogP contribution in [0.4, 0.5) is 0 Å². The van der Waals surface area contributed by atoms with Crippen molar-refractivity contribution in [3.05, 3.63) is 41.5 Å². The number of ether oxygens (including phenoxy) is 1. The van der Waals surface area contributed by atoms with Crippen molar-refractivity contribution in [1.29, 1.82) is 0 Å². The monoisotopic (exact) mass is 287 g/mol. The summed E-state index contributed by atoms with van der Waals surface area (Å²) in [6.07, 6.45) is 3.76. The molecule has 0 bridgehead atoms. The van der Waals surface area contributed by atoms with Crippen molar-refractivity contribution < 1.29 is 9.53 Å². The molecule has 0 aromatic heterocycles. The summed E-state index contributed by atoms with van der Waals surface area (Å²) >= 11 is 0. The Morgan fingerprint density at radius 1 is 1.19 bits per heavy atom. The molecule has 0 spiro atoms. The lowest BCUT2D eigenvalue weighted by Crippen LogP contribution is -2.47. The van der Waals surface area contributed by atoms with Crippen LogP contribution in [0.25, 0.3) is 6.08 Å². The average Bonchev–Trinajstić information content (AvgIpc) is 2.44. The van der Waals surface area contributed by atoms with Gasteiger partial charge in [0.15, 0.2) is 0 Å². The second-order valence-corrected chi connectivity index (χ2v) is 6.16. The molecule has 1 heterocycles. The molecule has 1 saturated heterocycles. The Morgan fingerprint density at radius 2 is 1.76 bits per heavy atom. The smallest absolute Gasteiger partial charge is 0.246 e. The Hall–Kier alpha value is -1.61. The topological polar surface area (TPSA) is 29.5 Å². The summed E-state index contributed by atoms with van der Waals surface area (Å²) in [6, 6.07) is 8.36. The normalized spacial score (nSPS) is 23.0.